The molecule has 6 nitrogen and oxygen atoms in total. The number of nitrogens with one attached hydrogen (secondary N) is 1. The molecule has 0 spiro atoms. The second kappa shape index (κ2) is 10.7. The van der Waals surface area contributed by atoms with E-state index in [-0.39, 0.29) is 11.8 Å². The standard InChI is InChI=1S/C29H33N5O/c1-23(24-10-4-2-5-11-24)20-30-28(35)25-14-18-32(19-15-25)22-26-21-31-34(27-12-6-3-7-13-27)29(26)33-16-8-9-17-33/h2-13,16-17,21,23,25H,14-15,18-20,22H2,1H3,(H,30,35)/t23-/m1/s1. The number of carbonyl (C=O) groups is 1. The number of para-hydroxylation sites is 1. The number of aromatic nitrogens is 3. The maximum atomic E-state index is 12.8. The number of piperidine rings is 1. The Morgan fingerprint density at radius 1 is 0.971 bits per heavy atom. The molecule has 1 amide bonds. The minimum Gasteiger partial charge on any atom is -0.355 e. The predicted molar refractivity (Wildman–Crippen MR) is 139 cm³/mol. The van der Waals surface area contributed by atoms with Crippen molar-refractivity contribution < 1.29 is 4.79 Å². The van der Waals surface area contributed by atoms with E-state index in [1.165, 1.54) is 11.1 Å². The number of nitrogens with zero attached hydrogens (tertiary/aromatic N) is 4. The SMILES string of the molecule is C[C@H](CNC(=O)C1CCN(Cc2cnn(-c3ccccc3)c2-n2cccc2)CC1)c1ccccc1. The highest BCUT2D eigenvalue weighted by molar-refractivity contribution is 5.78. The molecule has 5 rings (SSSR count). The molecule has 0 unspecified atom stereocenters. The fourth-order valence-electron chi connectivity index (χ4n) is 4.89. The van der Waals surface area contributed by atoms with Gasteiger partial charge in [-0.3, -0.25) is 9.69 Å². The first-order chi connectivity index (χ1) is 17.2. The van der Waals surface area contributed by atoms with Crippen LogP contribution in [-0.2, 0) is 11.3 Å². The smallest absolute Gasteiger partial charge is 0.223 e. The van der Waals surface area contributed by atoms with Gasteiger partial charge in [-0.1, -0.05) is 55.5 Å². The van der Waals surface area contributed by atoms with Gasteiger partial charge in [-0.25, -0.2) is 4.68 Å². The number of carbonyl (C=O) groups excluding carboxylic acids is 1. The minimum atomic E-state index is 0.0881. The lowest BCUT2D eigenvalue weighted by Crippen LogP contribution is -2.41. The lowest BCUT2D eigenvalue weighted by atomic mass is 9.95. The largest absolute Gasteiger partial charge is 0.355 e. The van der Waals surface area contributed by atoms with Crippen molar-refractivity contribution in [3.05, 3.63) is 103 Å². The Hall–Kier alpha value is -3.64. The van der Waals surface area contributed by atoms with Crippen LogP contribution in [0.1, 0.15) is 36.8 Å². The van der Waals surface area contributed by atoms with Gasteiger partial charge in [0, 0.05) is 37.0 Å². The molecule has 0 aliphatic carbocycles. The molecule has 1 aliphatic heterocycles. The fourth-order valence-corrected chi connectivity index (χ4v) is 4.89. The predicted octanol–water partition coefficient (Wildman–Crippen LogP) is 4.79. The van der Waals surface area contributed by atoms with Crippen molar-refractivity contribution in [2.24, 2.45) is 5.92 Å². The Labute approximate surface area is 207 Å². The van der Waals surface area contributed by atoms with Crippen molar-refractivity contribution in [1.82, 2.24) is 24.6 Å². The minimum absolute atomic E-state index is 0.0881. The number of rotatable bonds is 8. The molecule has 3 heterocycles. The highest BCUT2D eigenvalue weighted by atomic mass is 16.1. The van der Waals surface area contributed by atoms with Gasteiger partial charge in [0.2, 0.25) is 5.91 Å². The van der Waals surface area contributed by atoms with Gasteiger partial charge in [0.05, 0.1) is 11.9 Å². The van der Waals surface area contributed by atoms with Gasteiger partial charge in [0.15, 0.2) is 0 Å². The summed E-state index contributed by atoms with van der Waals surface area (Å²) in [7, 11) is 0. The molecular formula is C29H33N5O. The average Bonchev–Trinajstić information content (AvgIpc) is 3.58. The van der Waals surface area contributed by atoms with Gasteiger partial charge >= 0.3 is 0 Å². The molecule has 2 aromatic carbocycles. The Kier molecular flexibility index (Phi) is 7.09. The molecule has 1 saturated heterocycles. The molecular weight excluding hydrogens is 434 g/mol. The van der Waals surface area contributed by atoms with Crippen LogP contribution in [0.5, 0.6) is 0 Å². The summed E-state index contributed by atoms with van der Waals surface area (Å²) in [6.45, 7) is 5.49. The average molecular weight is 468 g/mol. The Morgan fingerprint density at radius 2 is 1.63 bits per heavy atom. The van der Waals surface area contributed by atoms with Crippen molar-refractivity contribution in [1.29, 1.82) is 0 Å². The highest BCUT2D eigenvalue weighted by Gasteiger charge is 2.26. The molecule has 180 valence electrons. The quantitative estimate of drug-likeness (QED) is 0.405. The van der Waals surface area contributed by atoms with Crippen LogP contribution in [0.3, 0.4) is 0 Å². The van der Waals surface area contributed by atoms with Crippen LogP contribution >= 0.6 is 0 Å². The second-order valence-corrected chi connectivity index (χ2v) is 9.44. The zero-order chi connectivity index (χ0) is 24.0. The topological polar surface area (TPSA) is 55.1 Å². The van der Waals surface area contributed by atoms with E-state index < -0.39 is 0 Å². The molecule has 1 fully saturated rings. The fraction of sp³-hybridized carbons (Fsp3) is 0.310. The second-order valence-electron chi connectivity index (χ2n) is 9.44. The summed E-state index contributed by atoms with van der Waals surface area (Å²) in [5.41, 5.74) is 3.49. The summed E-state index contributed by atoms with van der Waals surface area (Å²) >= 11 is 0. The lowest BCUT2D eigenvalue weighted by Gasteiger charge is -2.31. The number of likely N-dealkylation sites (tertiary alicyclic amines) is 1. The van der Waals surface area contributed by atoms with Crippen molar-refractivity contribution in [3.8, 4) is 11.5 Å². The monoisotopic (exact) mass is 467 g/mol. The van der Waals surface area contributed by atoms with Gasteiger partial charge in [0.25, 0.3) is 0 Å². The summed E-state index contributed by atoms with van der Waals surface area (Å²) < 4.78 is 4.13. The van der Waals surface area contributed by atoms with E-state index in [0.29, 0.717) is 12.5 Å². The number of benzene rings is 2. The zero-order valence-electron chi connectivity index (χ0n) is 20.3. The molecule has 1 atom stereocenters. The van der Waals surface area contributed by atoms with Crippen molar-refractivity contribution in [2.75, 3.05) is 19.6 Å². The summed E-state index contributed by atoms with van der Waals surface area (Å²) in [6, 6.07) is 24.7. The van der Waals surface area contributed by atoms with E-state index in [0.717, 1.165) is 44.0 Å². The van der Waals surface area contributed by atoms with Gasteiger partial charge in [-0.15, -0.1) is 0 Å². The summed E-state index contributed by atoms with van der Waals surface area (Å²) in [5.74, 6) is 1.66. The van der Waals surface area contributed by atoms with Crippen molar-refractivity contribution in [2.45, 2.75) is 32.2 Å². The first-order valence-electron chi connectivity index (χ1n) is 12.5. The van der Waals surface area contributed by atoms with Crippen molar-refractivity contribution in [3.63, 3.8) is 0 Å². The lowest BCUT2D eigenvalue weighted by molar-refractivity contribution is -0.126. The maximum absolute atomic E-state index is 12.8. The molecule has 6 heteroatoms. The van der Waals surface area contributed by atoms with Gasteiger partial charge in [-0.2, -0.15) is 5.10 Å². The summed E-state index contributed by atoms with van der Waals surface area (Å²) in [5, 5.41) is 7.91. The summed E-state index contributed by atoms with van der Waals surface area (Å²) in [4.78, 5) is 15.3. The molecule has 1 aliphatic rings. The van der Waals surface area contributed by atoms with Crippen LogP contribution in [0, 0.1) is 5.92 Å². The first kappa shape index (κ1) is 23.1. The third-order valence-corrected chi connectivity index (χ3v) is 6.97. The van der Waals surface area contributed by atoms with Crippen LogP contribution in [0.4, 0.5) is 0 Å². The highest BCUT2D eigenvalue weighted by Crippen LogP contribution is 2.24. The summed E-state index contributed by atoms with van der Waals surface area (Å²) in [6.07, 6.45) is 7.88. The van der Waals surface area contributed by atoms with E-state index in [1.54, 1.807) is 0 Å². The van der Waals surface area contributed by atoms with Crippen LogP contribution in [0.2, 0.25) is 0 Å². The van der Waals surface area contributed by atoms with E-state index in [1.807, 2.05) is 47.3 Å². The van der Waals surface area contributed by atoms with E-state index in [4.69, 9.17) is 5.10 Å². The third-order valence-electron chi connectivity index (χ3n) is 6.97. The first-order valence-corrected chi connectivity index (χ1v) is 12.5. The van der Waals surface area contributed by atoms with Crippen LogP contribution in [0.25, 0.3) is 11.5 Å². The van der Waals surface area contributed by atoms with E-state index >= 15 is 0 Å². The molecule has 2 aromatic heterocycles. The molecule has 0 radical (unpaired) electrons. The van der Waals surface area contributed by atoms with Crippen molar-refractivity contribution >= 4 is 5.91 Å². The molecule has 4 aromatic rings. The maximum Gasteiger partial charge on any atom is 0.223 e. The molecule has 35 heavy (non-hydrogen) atoms. The molecule has 0 bridgehead atoms. The normalized spacial score (nSPS) is 15.7. The number of hydrogen-bond donors (Lipinski definition) is 1. The molecule has 1 N–H and O–H groups in total. The number of hydrogen-bond acceptors (Lipinski definition) is 3. The van der Waals surface area contributed by atoms with Crippen LogP contribution < -0.4 is 5.32 Å². The Bertz CT molecular complexity index is 1210. The van der Waals surface area contributed by atoms with E-state index in [2.05, 4.69) is 70.5 Å². The number of amides is 1. The Balaban J connectivity index is 1.19. The van der Waals surface area contributed by atoms with Crippen LogP contribution in [-0.4, -0.2) is 44.8 Å². The van der Waals surface area contributed by atoms with Gasteiger partial charge < -0.3 is 9.88 Å². The van der Waals surface area contributed by atoms with Crippen LogP contribution in [0.15, 0.2) is 91.4 Å². The zero-order valence-corrected chi connectivity index (χ0v) is 20.3. The van der Waals surface area contributed by atoms with Gasteiger partial charge in [0.1, 0.15) is 5.82 Å². The molecule has 0 saturated carbocycles. The van der Waals surface area contributed by atoms with Gasteiger partial charge in [-0.05, 0) is 61.7 Å². The Morgan fingerprint density at radius 3 is 2.31 bits per heavy atom. The third kappa shape index (κ3) is 5.38. The van der Waals surface area contributed by atoms with E-state index in [9.17, 15) is 4.79 Å².